The number of hydrogen-bond donors (Lipinski definition) is 3. The van der Waals surface area contributed by atoms with Gasteiger partial charge in [0, 0.05) is 16.5 Å². The molecule has 8 nitrogen and oxygen atoms in total. The van der Waals surface area contributed by atoms with Gasteiger partial charge < -0.3 is 20.3 Å². The molecule has 0 unspecified atom stereocenters. The number of ether oxygens (including phenoxy) is 1. The number of aromatic nitrogens is 4. The molecule has 1 aromatic carbocycles. The van der Waals surface area contributed by atoms with E-state index in [4.69, 9.17) is 19.7 Å². The molecule has 0 saturated carbocycles. The average Bonchev–Trinajstić information content (AvgIpc) is 3.60. The quantitative estimate of drug-likeness (QED) is 0.159. The largest absolute Gasteiger partial charge is 0.388 e. The van der Waals surface area contributed by atoms with Gasteiger partial charge in [0.05, 0.1) is 11.5 Å². The third kappa shape index (κ3) is 5.26. The average molecular weight is 615 g/mol. The zero-order chi connectivity index (χ0) is 25.1. The van der Waals surface area contributed by atoms with Gasteiger partial charge in [-0.05, 0) is 64.1 Å². The number of unbranched alkanes of at least 4 members (excludes halogenated alkanes) is 2. The molecule has 186 valence electrons. The maximum atomic E-state index is 10.7. The first-order valence-electron chi connectivity index (χ1n) is 11.8. The van der Waals surface area contributed by atoms with E-state index in [2.05, 4.69) is 58.8 Å². The summed E-state index contributed by atoms with van der Waals surface area (Å²) in [5.74, 6) is 7.79. The van der Waals surface area contributed by atoms with Crippen LogP contribution in [0.1, 0.15) is 43.8 Å². The summed E-state index contributed by atoms with van der Waals surface area (Å²) in [7, 11) is 0. The molecule has 0 radical (unpaired) electrons. The molecule has 1 aliphatic rings. The highest BCUT2D eigenvalue weighted by molar-refractivity contribution is 14.1. The topological polar surface area (TPSA) is 105 Å². The summed E-state index contributed by atoms with van der Waals surface area (Å²) in [6, 6.07) is 12.1. The second-order valence-electron chi connectivity index (χ2n) is 8.52. The van der Waals surface area contributed by atoms with Crippen molar-refractivity contribution >= 4 is 50.9 Å². The highest BCUT2D eigenvalue weighted by Crippen LogP contribution is 2.36. The Labute approximate surface area is 226 Å². The molecule has 1 fully saturated rings. The first-order chi connectivity index (χ1) is 17.5. The summed E-state index contributed by atoms with van der Waals surface area (Å²) in [6.45, 7) is 2.71. The molecule has 3 atom stereocenters. The lowest BCUT2D eigenvalue weighted by atomic mass is 10.2. The molecular formula is C26H26IN5O3S. The van der Waals surface area contributed by atoms with E-state index in [1.54, 1.807) is 4.57 Å². The van der Waals surface area contributed by atoms with Gasteiger partial charge in [-0.3, -0.25) is 4.57 Å². The van der Waals surface area contributed by atoms with Crippen LogP contribution in [0.5, 0.6) is 0 Å². The highest BCUT2D eigenvalue weighted by atomic mass is 127. The number of anilines is 1. The van der Waals surface area contributed by atoms with Crippen LogP contribution in [0.15, 0.2) is 41.8 Å². The zero-order valence-corrected chi connectivity index (χ0v) is 22.7. The smallest absolute Gasteiger partial charge is 0.208 e. The SMILES string of the molecule is CCCCC#Cc1nc(NCc2cccc(I)c2)c2nc(-c3cccs3)n([C@@H]3OC[C@@H](O)[C@H]3O)c2n1. The molecule has 10 heteroatoms. The van der Waals surface area contributed by atoms with Crippen LogP contribution in [-0.4, -0.2) is 48.5 Å². The summed E-state index contributed by atoms with van der Waals surface area (Å²) in [5, 5.41) is 26.3. The number of nitrogens with zero attached hydrogens (tertiary/aromatic N) is 4. The van der Waals surface area contributed by atoms with Crippen molar-refractivity contribution in [3.8, 4) is 22.5 Å². The molecule has 3 N–H and O–H groups in total. The van der Waals surface area contributed by atoms with Crippen molar-refractivity contribution < 1.29 is 14.9 Å². The van der Waals surface area contributed by atoms with Crippen molar-refractivity contribution in [2.45, 2.75) is 51.2 Å². The maximum Gasteiger partial charge on any atom is 0.208 e. The van der Waals surface area contributed by atoms with Crippen LogP contribution >= 0.6 is 33.9 Å². The fourth-order valence-electron chi connectivity index (χ4n) is 4.02. The van der Waals surface area contributed by atoms with Gasteiger partial charge in [0.25, 0.3) is 0 Å². The van der Waals surface area contributed by atoms with E-state index in [0.717, 1.165) is 33.3 Å². The minimum atomic E-state index is -1.11. The van der Waals surface area contributed by atoms with E-state index < -0.39 is 18.4 Å². The molecule has 1 aliphatic heterocycles. The number of halogens is 1. The van der Waals surface area contributed by atoms with E-state index in [-0.39, 0.29) is 6.61 Å². The Morgan fingerprint density at radius 2 is 2.11 bits per heavy atom. The second-order valence-corrected chi connectivity index (χ2v) is 10.7. The summed E-state index contributed by atoms with van der Waals surface area (Å²) >= 11 is 3.82. The molecule has 36 heavy (non-hydrogen) atoms. The van der Waals surface area contributed by atoms with Crippen LogP contribution in [-0.2, 0) is 11.3 Å². The lowest BCUT2D eigenvalue weighted by Crippen LogP contribution is -2.28. The summed E-state index contributed by atoms with van der Waals surface area (Å²) in [5.41, 5.74) is 2.16. The number of aliphatic hydroxyl groups is 2. The number of thiophene rings is 1. The van der Waals surface area contributed by atoms with E-state index in [1.807, 2.05) is 29.6 Å². The van der Waals surface area contributed by atoms with Crippen LogP contribution < -0.4 is 5.32 Å². The fraction of sp³-hybridized carbons (Fsp3) is 0.346. The van der Waals surface area contributed by atoms with Gasteiger partial charge >= 0.3 is 0 Å². The Balaban J connectivity index is 1.64. The van der Waals surface area contributed by atoms with Crippen molar-refractivity contribution in [1.82, 2.24) is 19.5 Å². The first-order valence-corrected chi connectivity index (χ1v) is 13.8. The molecule has 0 aliphatic carbocycles. The Kier molecular flexibility index (Phi) is 7.83. The van der Waals surface area contributed by atoms with E-state index in [0.29, 0.717) is 35.2 Å². The van der Waals surface area contributed by atoms with Gasteiger partial charge in [-0.15, -0.1) is 11.3 Å². The molecule has 5 rings (SSSR count). The van der Waals surface area contributed by atoms with Gasteiger partial charge in [-0.1, -0.05) is 37.5 Å². The monoisotopic (exact) mass is 615 g/mol. The number of hydrogen-bond acceptors (Lipinski definition) is 8. The van der Waals surface area contributed by atoms with Gasteiger partial charge in [-0.2, -0.15) is 0 Å². The number of nitrogens with one attached hydrogen (secondary N) is 1. The fourth-order valence-corrected chi connectivity index (χ4v) is 5.34. The van der Waals surface area contributed by atoms with Crippen LogP contribution in [0.2, 0.25) is 0 Å². The molecule has 3 aromatic heterocycles. The van der Waals surface area contributed by atoms with E-state index >= 15 is 0 Å². The lowest BCUT2D eigenvalue weighted by molar-refractivity contribution is -0.0152. The van der Waals surface area contributed by atoms with Crippen molar-refractivity contribution in [3.63, 3.8) is 0 Å². The van der Waals surface area contributed by atoms with Crippen LogP contribution in [0.25, 0.3) is 21.9 Å². The minimum Gasteiger partial charge on any atom is -0.388 e. The number of fused-ring (bicyclic) bond motifs is 1. The van der Waals surface area contributed by atoms with Gasteiger partial charge in [0.1, 0.15) is 12.2 Å². The maximum absolute atomic E-state index is 10.7. The van der Waals surface area contributed by atoms with E-state index in [1.165, 1.54) is 11.3 Å². The molecule has 0 bridgehead atoms. The molecule has 4 aromatic rings. The summed E-state index contributed by atoms with van der Waals surface area (Å²) in [6.07, 6.45) is -0.100. The third-order valence-corrected chi connectivity index (χ3v) is 7.40. The lowest BCUT2D eigenvalue weighted by Gasteiger charge is -2.19. The van der Waals surface area contributed by atoms with Crippen molar-refractivity contribution in [2.75, 3.05) is 11.9 Å². The number of benzene rings is 1. The molecule has 0 spiro atoms. The predicted octanol–water partition coefficient (Wildman–Crippen LogP) is 4.56. The Morgan fingerprint density at radius 3 is 2.83 bits per heavy atom. The van der Waals surface area contributed by atoms with Gasteiger partial charge in [-0.25, -0.2) is 15.0 Å². The van der Waals surface area contributed by atoms with Crippen molar-refractivity contribution in [3.05, 3.63) is 56.7 Å². The molecule has 0 amide bonds. The second kappa shape index (κ2) is 11.2. The number of aliphatic hydroxyl groups excluding tert-OH is 2. The standard InChI is InChI=1S/C26H26IN5O3S/c1-2-3-4-5-11-20-29-23(28-14-16-8-6-9-17(27)13-16)21-25(30-20)32(26-22(34)18(33)15-35-26)24(31-21)19-10-7-12-36-19/h6-10,12-13,18,22,26,33-34H,2-4,14-15H2,1H3,(H,28,29,30)/t18-,22-,26-/m1/s1. The summed E-state index contributed by atoms with van der Waals surface area (Å²) < 4.78 is 8.73. The van der Waals surface area contributed by atoms with Gasteiger partial charge in [0.2, 0.25) is 5.82 Å². The van der Waals surface area contributed by atoms with Crippen LogP contribution in [0.3, 0.4) is 0 Å². The van der Waals surface area contributed by atoms with Crippen molar-refractivity contribution in [1.29, 1.82) is 0 Å². The highest BCUT2D eigenvalue weighted by Gasteiger charge is 2.39. The Bertz CT molecular complexity index is 1410. The molecule has 1 saturated heterocycles. The minimum absolute atomic E-state index is 0.0297. The third-order valence-electron chi connectivity index (χ3n) is 5.86. The van der Waals surface area contributed by atoms with Crippen LogP contribution in [0, 0.1) is 15.4 Å². The zero-order valence-electron chi connectivity index (χ0n) is 19.7. The first kappa shape index (κ1) is 25.1. The molecular weight excluding hydrogens is 589 g/mol. The van der Waals surface area contributed by atoms with Gasteiger partial charge in [0.15, 0.2) is 29.0 Å². The summed E-state index contributed by atoms with van der Waals surface area (Å²) in [4.78, 5) is 15.2. The number of rotatable bonds is 7. The number of imidazole rings is 1. The Hall–Kier alpha value is -2.56. The van der Waals surface area contributed by atoms with Crippen molar-refractivity contribution in [2.24, 2.45) is 0 Å². The van der Waals surface area contributed by atoms with Crippen LogP contribution in [0.4, 0.5) is 5.82 Å². The molecule has 4 heterocycles. The Morgan fingerprint density at radius 1 is 1.22 bits per heavy atom. The van der Waals surface area contributed by atoms with E-state index in [9.17, 15) is 10.2 Å². The normalized spacial score (nSPS) is 19.4. The predicted molar refractivity (Wildman–Crippen MR) is 149 cm³/mol.